The molecular weight excluding hydrogens is 222 g/mol. The van der Waals surface area contributed by atoms with Gasteiger partial charge in [0.25, 0.3) is 0 Å². The van der Waals surface area contributed by atoms with Crippen molar-refractivity contribution < 1.29 is 5.11 Å². The van der Waals surface area contributed by atoms with Crippen molar-refractivity contribution in [1.82, 2.24) is 4.90 Å². The second-order valence-corrected chi connectivity index (χ2v) is 5.56. The lowest BCUT2D eigenvalue weighted by Crippen LogP contribution is -2.23. The second kappa shape index (κ2) is 15.0. The first-order valence-corrected chi connectivity index (χ1v) is 8.10. The van der Waals surface area contributed by atoms with Gasteiger partial charge in [0.1, 0.15) is 0 Å². The average molecular weight is 257 g/mol. The summed E-state index contributed by atoms with van der Waals surface area (Å²) < 4.78 is 0. The molecule has 0 radical (unpaired) electrons. The van der Waals surface area contributed by atoms with E-state index in [2.05, 4.69) is 18.9 Å². The molecule has 0 spiro atoms. The van der Waals surface area contributed by atoms with Gasteiger partial charge in [-0.2, -0.15) is 0 Å². The van der Waals surface area contributed by atoms with Gasteiger partial charge >= 0.3 is 0 Å². The van der Waals surface area contributed by atoms with Crippen molar-refractivity contribution >= 4 is 0 Å². The van der Waals surface area contributed by atoms with E-state index >= 15 is 0 Å². The van der Waals surface area contributed by atoms with E-state index in [-0.39, 0.29) is 6.61 Å². The monoisotopic (exact) mass is 257 g/mol. The molecule has 0 aliphatic heterocycles. The summed E-state index contributed by atoms with van der Waals surface area (Å²) in [6.07, 6.45) is 15.4. The molecule has 0 amide bonds. The van der Waals surface area contributed by atoms with Crippen molar-refractivity contribution in [3.05, 3.63) is 0 Å². The van der Waals surface area contributed by atoms with E-state index in [4.69, 9.17) is 5.11 Å². The Kier molecular flexibility index (Phi) is 14.9. The molecule has 0 saturated heterocycles. The Balaban J connectivity index is 2.98. The molecule has 0 aromatic heterocycles. The van der Waals surface area contributed by atoms with Gasteiger partial charge in [-0.15, -0.1) is 0 Å². The fourth-order valence-corrected chi connectivity index (χ4v) is 2.33. The molecule has 0 heterocycles. The Hall–Kier alpha value is -0.0800. The zero-order chi connectivity index (χ0) is 13.5. The predicted molar refractivity (Wildman–Crippen MR) is 81.0 cm³/mol. The summed E-state index contributed by atoms with van der Waals surface area (Å²) in [7, 11) is 2.09. The van der Waals surface area contributed by atoms with Crippen LogP contribution in [0.5, 0.6) is 0 Å². The van der Waals surface area contributed by atoms with Crippen LogP contribution in [-0.2, 0) is 0 Å². The molecule has 110 valence electrons. The van der Waals surface area contributed by atoms with Crippen LogP contribution in [0.1, 0.15) is 77.6 Å². The standard InChI is InChI=1S/C16H35NO/c1-3-4-5-6-7-8-9-10-11-12-13-14-17(2)15-16-18/h18H,3-16H2,1-2H3. The summed E-state index contributed by atoms with van der Waals surface area (Å²) in [4.78, 5) is 2.22. The second-order valence-electron chi connectivity index (χ2n) is 5.56. The van der Waals surface area contributed by atoms with E-state index in [1.54, 1.807) is 0 Å². The topological polar surface area (TPSA) is 23.5 Å². The molecule has 0 fully saturated rings. The molecule has 0 aliphatic carbocycles. The molecule has 0 atom stereocenters. The number of aliphatic hydroxyl groups excluding tert-OH is 1. The van der Waals surface area contributed by atoms with E-state index in [0.717, 1.165) is 13.1 Å². The first kappa shape index (κ1) is 17.9. The Morgan fingerprint density at radius 2 is 1.11 bits per heavy atom. The molecule has 0 rings (SSSR count). The summed E-state index contributed by atoms with van der Waals surface area (Å²) in [6, 6.07) is 0. The maximum atomic E-state index is 8.77. The van der Waals surface area contributed by atoms with Crippen LogP contribution in [0.2, 0.25) is 0 Å². The van der Waals surface area contributed by atoms with Crippen LogP contribution in [-0.4, -0.2) is 36.8 Å². The van der Waals surface area contributed by atoms with E-state index in [1.165, 1.54) is 70.6 Å². The van der Waals surface area contributed by atoms with Gasteiger partial charge in [-0.1, -0.05) is 71.1 Å². The first-order chi connectivity index (χ1) is 8.81. The highest BCUT2D eigenvalue weighted by molar-refractivity contribution is 4.52. The number of hydrogen-bond donors (Lipinski definition) is 1. The lowest BCUT2D eigenvalue weighted by atomic mass is 10.1. The Morgan fingerprint density at radius 1 is 0.667 bits per heavy atom. The zero-order valence-electron chi connectivity index (χ0n) is 12.8. The molecule has 0 aliphatic rings. The van der Waals surface area contributed by atoms with Gasteiger partial charge in [0.15, 0.2) is 0 Å². The van der Waals surface area contributed by atoms with Crippen molar-refractivity contribution in [2.24, 2.45) is 0 Å². The molecular formula is C16H35NO. The average Bonchev–Trinajstić information content (AvgIpc) is 2.36. The van der Waals surface area contributed by atoms with Crippen LogP contribution in [0.4, 0.5) is 0 Å². The molecule has 0 unspecified atom stereocenters. The van der Waals surface area contributed by atoms with Crippen LogP contribution in [0, 0.1) is 0 Å². The fraction of sp³-hybridized carbons (Fsp3) is 1.00. The van der Waals surface area contributed by atoms with Crippen molar-refractivity contribution in [1.29, 1.82) is 0 Å². The highest BCUT2D eigenvalue weighted by Gasteiger charge is 1.97. The molecule has 2 nitrogen and oxygen atoms in total. The molecule has 0 saturated carbocycles. The SMILES string of the molecule is CCCCCCCCCCCCCN(C)CCO. The van der Waals surface area contributed by atoms with Gasteiger partial charge in [-0.3, -0.25) is 0 Å². The number of nitrogens with zero attached hydrogens (tertiary/aromatic N) is 1. The summed E-state index contributed by atoms with van der Waals surface area (Å²) in [6.45, 7) is 4.52. The molecule has 0 bridgehead atoms. The Bertz CT molecular complexity index is 150. The number of hydrogen-bond acceptors (Lipinski definition) is 2. The van der Waals surface area contributed by atoms with E-state index < -0.39 is 0 Å². The van der Waals surface area contributed by atoms with Crippen molar-refractivity contribution in [3.63, 3.8) is 0 Å². The van der Waals surface area contributed by atoms with Gasteiger partial charge in [0.05, 0.1) is 6.61 Å². The largest absolute Gasteiger partial charge is 0.395 e. The number of likely N-dealkylation sites (N-methyl/N-ethyl adjacent to an activating group) is 1. The van der Waals surface area contributed by atoms with Gasteiger partial charge in [0, 0.05) is 6.54 Å². The summed E-state index contributed by atoms with van der Waals surface area (Å²) in [5.74, 6) is 0. The molecule has 1 N–H and O–H groups in total. The third kappa shape index (κ3) is 14.0. The maximum absolute atomic E-state index is 8.77. The zero-order valence-corrected chi connectivity index (χ0v) is 12.8. The lowest BCUT2D eigenvalue weighted by Gasteiger charge is -2.14. The minimum Gasteiger partial charge on any atom is -0.395 e. The van der Waals surface area contributed by atoms with Crippen LogP contribution >= 0.6 is 0 Å². The predicted octanol–water partition coefficient (Wildman–Crippen LogP) is 4.22. The minimum absolute atomic E-state index is 0.286. The smallest absolute Gasteiger partial charge is 0.0558 e. The van der Waals surface area contributed by atoms with Crippen LogP contribution < -0.4 is 0 Å². The van der Waals surface area contributed by atoms with Crippen molar-refractivity contribution in [2.75, 3.05) is 26.7 Å². The quantitative estimate of drug-likeness (QED) is 0.471. The third-order valence-electron chi connectivity index (χ3n) is 3.63. The van der Waals surface area contributed by atoms with Gasteiger partial charge in [-0.05, 0) is 20.0 Å². The van der Waals surface area contributed by atoms with Gasteiger partial charge in [0.2, 0.25) is 0 Å². The van der Waals surface area contributed by atoms with Gasteiger partial charge < -0.3 is 10.0 Å². The Morgan fingerprint density at radius 3 is 1.56 bits per heavy atom. The summed E-state index contributed by atoms with van der Waals surface area (Å²) >= 11 is 0. The normalized spacial score (nSPS) is 11.3. The van der Waals surface area contributed by atoms with E-state index in [1.807, 2.05) is 0 Å². The Labute approximate surface area is 115 Å². The van der Waals surface area contributed by atoms with Gasteiger partial charge in [-0.25, -0.2) is 0 Å². The molecule has 0 aromatic carbocycles. The van der Waals surface area contributed by atoms with Crippen LogP contribution in [0.25, 0.3) is 0 Å². The number of aliphatic hydroxyl groups is 1. The number of rotatable bonds is 14. The van der Waals surface area contributed by atoms with E-state index in [0.29, 0.717) is 0 Å². The summed E-state index contributed by atoms with van der Waals surface area (Å²) in [5.41, 5.74) is 0. The van der Waals surface area contributed by atoms with Crippen LogP contribution in [0.15, 0.2) is 0 Å². The lowest BCUT2D eigenvalue weighted by molar-refractivity contribution is 0.219. The first-order valence-electron chi connectivity index (χ1n) is 8.10. The van der Waals surface area contributed by atoms with Crippen molar-refractivity contribution in [2.45, 2.75) is 77.6 Å². The maximum Gasteiger partial charge on any atom is 0.0558 e. The summed E-state index contributed by atoms with van der Waals surface area (Å²) in [5, 5.41) is 8.77. The van der Waals surface area contributed by atoms with E-state index in [9.17, 15) is 0 Å². The third-order valence-corrected chi connectivity index (χ3v) is 3.63. The molecule has 2 heteroatoms. The highest BCUT2D eigenvalue weighted by Crippen LogP contribution is 2.11. The fourth-order valence-electron chi connectivity index (χ4n) is 2.33. The number of unbranched alkanes of at least 4 members (excludes halogenated alkanes) is 10. The molecule has 0 aromatic rings. The highest BCUT2D eigenvalue weighted by atomic mass is 16.3. The van der Waals surface area contributed by atoms with Crippen LogP contribution in [0.3, 0.4) is 0 Å². The van der Waals surface area contributed by atoms with Crippen molar-refractivity contribution in [3.8, 4) is 0 Å². The molecule has 18 heavy (non-hydrogen) atoms. The minimum atomic E-state index is 0.286.